The lowest BCUT2D eigenvalue weighted by atomic mass is 9.68. The third-order valence-electron chi connectivity index (χ3n) is 4.58. The molecule has 0 radical (unpaired) electrons. The topological polar surface area (TPSA) is 43.4 Å². The molecule has 3 heteroatoms. The first-order valence-corrected chi connectivity index (χ1v) is 5.56. The zero-order chi connectivity index (χ0) is 11.3. The molecule has 2 rings (SSSR count). The Bertz CT molecular complexity index is 313. The number of carbonyl (C=O) groups is 2. The van der Waals surface area contributed by atoms with Crippen LogP contribution in [0.4, 0.5) is 0 Å². The molecular weight excluding hydrogens is 192 g/mol. The molecule has 0 unspecified atom stereocenters. The van der Waals surface area contributed by atoms with E-state index in [1.54, 1.807) is 0 Å². The van der Waals surface area contributed by atoms with E-state index in [2.05, 4.69) is 13.8 Å². The Kier molecular flexibility index (Phi) is 2.18. The van der Waals surface area contributed by atoms with Crippen LogP contribution < -0.4 is 0 Å². The molecule has 0 aromatic heterocycles. The third-order valence-corrected chi connectivity index (χ3v) is 4.58. The summed E-state index contributed by atoms with van der Waals surface area (Å²) < 4.78 is 4.81. The fraction of sp³-hybridized carbons (Fsp3) is 0.833. The van der Waals surface area contributed by atoms with Gasteiger partial charge < -0.3 is 4.74 Å². The second-order valence-corrected chi connectivity index (χ2v) is 5.43. The van der Waals surface area contributed by atoms with Crippen molar-refractivity contribution < 1.29 is 14.3 Å². The highest BCUT2D eigenvalue weighted by molar-refractivity contribution is 6.05. The van der Waals surface area contributed by atoms with Crippen molar-refractivity contribution in [3.63, 3.8) is 0 Å². The fourth-order valence-electron chi connectivity index (χ4n) is 3.36. The van der Waals surface area contributed by atoms with Crippen molar-refractivity contribution in [3.8, 4) is 0 Å². The van der Waals surface area contributed by atoms with E-state index in [4.69, 9.17) is 4.74 Å². The molecule has 0 aromatic rings. The molecule has 2 fully saturated rings. The number of methoxy groups -OCH3 is 1. The zero-order valence-electron chi connectivity index (χ0n) is 9.63. The maximum absolute atomic E-state index is 12.0. The van der Waals surface area contributed by atoms with Gasteiger partial charge >= 0.3 is 5.97 Å². The Morgan fingerprint density at radius 1 is 1.53 bits per heavy atom. The first-order valence-electron chi connectivity index (χ1n) is 5.56. The smallest absolute Gasteiger partial charge is 0.319 e. The van der Waals surface area contributed by atoms with Crippen molar-refractivity contribution in [2.75, 3.05) is 7.11 Å². The normalized spacial score (nSPS) is 44.2. The summed E-state index contributed by atoms with van der Waals surface area (Å²) in [5.74, 6) is 0.210. The molecule has 0 spiro atoms. The van der Waals surface area contributed by atoms with Crippen LogP contribution in [-0.4, -0.2) is 18.9 Å². The van der Waals surface area contributed by atoms with Crippen LogP contribution in [0.25, 0.3) is 0 Å². The molecule has 0 saturated heterocycles. The first-order chi connectivity index (χ1) is 6.94. The number of fused-ring (bicyclic) bond motifs is 2. The summed E-state index contributed by atoms with van der Waals surface area (Å²) >= 11 is 0. The van der Waals surface area contributed by atoms with Gasteiger partial charge in [0.05, 0.1) is 7.11 Å². The predicted octanol–water partition coefficient (Wildman–Crippen LogP) is 1.94. The van der Waals surface area contributed by atoms with Gasteiger partial charge in [-0.15, -0.1) is 0 Å². The van der Waals surface area contributed by atoms with Crippen molar-refractivity contribution in [2.45, 2.75) is 39.5 Å². The van der Waals surface area contributed by atoms with E-state index in [0.29, 0.717) is 25.2 Å². The number of hydrogen-bond acceptors (Lipinski definition) is 3. The van der Waals surface area contributed by atoms with E-state index in [0.717, 1.165) is 6.42 Å². The summed E-state index contributed by atoms with van der Waals surface area (Å²) in [6.45, 7) is 4.33. The van der Waals surface area contributed by atoms with Crippen LogP contribution in [0.3, 0.4) is 0 Å². The average Bonchev–Trinajstić information content (AvgIpc) is 2.44. The summed E-state index contributed by atoms with van der Waals surface area (Å²) in [6.07, 6.45) is 2.82. The van der Waals surface area contributed by atoms with Crippen LogP contribution in [-0.2, 0) is 14.3 Å². The summed E-state index contributed by atoms with van der Waals surface area (Å²) in [4.78, 5) is 23.8. The van der Waals surface area contributed by atoms with Gasteiger partial charge in [0, 0.05) is 6.42 Å². The Labute approximate surface area is 90.2 Å². The van der Waals surface area contributed by atoms with Crippen molar-refractivity contribution >= 4 is 11.8 Å². The molecule has 0 amide bonds. The van der Waals surface area contributed by atoms with Crippen molar-refractivity contribution in [2.24, 2.45) is 16.7 Å². The van der Waals surface area contributed by atoms with Crippen LogP contribution in [0, 0.1) is 16.7 Å². The molecule has 3 nitrogen and oxygen atoms in total. The number of carbonyl (C=O) groups excluding carboxylic acids is 2. The lowest BCUT2D eigenvalue weighted by molar-refractivity contribution is -0.159. The fourth-order valence-corrected chi connectivity index (χ4v) is 3.36. The minimum absolute atomic E-state index is 0.0937. The first kappa shape index (κ1) is 10.7. The van der Waals surface area contributed by atoms with E-state index in [9.17, 15) is 9.59 Å². The lowest BCUT2D eigenvalue weighted by Crippen LogP contribution is -2.42. The standard InChI is InChI=1S/C12H18O3/c1-8-6-12(10(14)15-3)7-11(8,2)5-4-9(12)13/h8H,4-7H2,1-3H3/t8-,11+,12-/m0/s1. The minimum atomic E-state index is -0.804. The van der Waals surface area contributed by atoms with Gasteiger partial charge in [-0.25, -0.2) is 0 Å². The van der Waals surface area contributed by atoms with Crippen LogP contribution in [0.5, 0.6) is 0 Å². The number of hydrogen-bond donors (Lipinski definition) is 0. The quantitative estimate of drug-likeness (QED) is 0.490. The van der Waals surface area contributed by atoms with E-state index in [1.807, 2.05) is 0 Å². The van der Waals surface area contributed by atoms with Crippen LogP contribution >= 0.6 is 0 Å². The molecule has 0 aliphatic heterocycles. The Hall–Kier alpha value is -0.860. The largest absolute Gasteiger partial charge is 0.468 e. The van der Waals surface area contributed by atoms with Crippen molar-refractivity contribution in [1.82, 2.24) is 0 Å². The summed E-state index contributed by atoms with van der Waals surface area (Å²) in [6, 6.07) is 0. The molecule has 0 aromatic carbocycles. The van der Waals surface area contributed by atoms with Gasteiger partial charge in [0.25, 0.3) is 0 Å². The highest BCUT2D eigenvalue weighted by Crippen LogP contribution is 2.60. The number of ether oxygens (including phenoxy) is 1. The van der Waals surface area contributed by atoms with Gasteiger partial charge in [0.1, 0.15) is 11.2 Å². The van der Waals surface area contributed by atoms with E-state index < -0.39 is 5.41 Å². The number of esters is 1. The van der Waals surface area contributed by atoms with Crippen LogP contribution in [0.2, 0.25) is 0 Å². The van der Waals surface area contributed by atoms with Crippen LogP contribution in [0.1, 0.15) is 39.5 Å². The van der Waals surface area contributed by atoms with E-state index in [-0.39, 0.29) is 17.2 Å². The molecular formula is C12H18O3. The van der Waals surface area contributed by atoms with Crippen LogP contribution in [0.15, 0.2) is 0 Å². The van der Waals surface area contributed by atoms with E-state index in [1.165, 1.54) is 7.11 Å². The van der Waals surface area contributed by atoms with Gasteiger partial charge in [-0.05, 0) is 30.6 Å². The van der Waals surface area contributed by atoms with Gasteiger partial charge in [0.2, 0.25) is 0 Å². The highest BCUT2D eigenvalue weighted by Gasteiger charge is 2.61. The highest BCUT2D eigenvalue weighted by atomic mass is 16.5. The zero-order valence-corrected chi connectivity index (χ0v) is 9.63. The molecule has 15 heavy (non-hydrogen) atoms. The second-order valence-electron chi connectivity index (χ2n) is 5.43. The molecule has 2 bridgehead atoms. The molecule has 2 saturated carbocycles. The molecule has 84 valence electrons. The van der Waals surface area contributed by atoms with Gasteiger partial charge in [0.15, 0.2) is 0 Å². The SMILES string of the molecule is COC(=O)[C@]12C[C@H](C)[C@](C)(CCC1=O)C2. The molecule has 3 atom stereocenters. The van der Waals surface area contributed by atoms with Gasteiger partial charge in [-0.1, -0.05) is 13.8 Å². The monoisotopic (exact) mass is 210 g/mol. The maximum atomic E-state index is 12.0. The Morgan fingerprint density at radius 2 is 2.20 bits per heavy atom. The van der Waals surface area contributed by atoms with E-state index >= 15 is 0 Å². The second kappa shape index (κ2) is 3.06. The lowest BCUT2D eigenvalue weighted by Gasteiger charge is -2.35. The molecule has 2 aliphatic carbocycles. The Balaban J connectivity index is 2.39. The molecule has 0 heterocycles. The number of Topliss-reactive ketones (excluding diaryl/α,β-unsaturated/α-hetero) is 1. The minimum Gasteiger partial charge on any atom is -0.468 e. The number of ketones is 1. The van der Waals surface area contributed by atoms with Crippen molar-refractivity contribution in [1.29, 1.82) is 0 Å². The Morgan fingerprint density at radius 3 is 2.80 bits per heavy atom. The van der Waals surface area contributed by atoms with Crippen molar-refractivity contribution in [3.05, 3.63) is 0 Å². The summed E-state index contributed by atoms with van der Waals surface area (Å²) in [7, 11) is 1.37. The average molecular weight is 210 g/mol. The summed E-state index contributed by atoms with van der Waals surface area (Å²) in [5, 5.41) is 0. The summed E-state index contributed by atoms with van der Waals surface area (Å²) in [5.41, 5.74) is -0.650. The predicted molar refractivity (Wildman–Crippen MR) is 55.2 cm³/mol. The van der Waals surface area contributed by atoms with Gasteiger partial charge in [-0.2, -0.15) is 0 Å². The molecule has 0 N–H and O–H groups in total. The maximum Gasteiger partial charge on any atom is 0.319 e. The molecule has 2 aliphatic rings. The number of rotatable bonds is 1. The van der Waals surface area contributed by atoms with Gasteiger partial charge in [-0.3, -0.25) is 9.59 Å². The third kappa shape index (κ3) is 1.25.